The lowest BCUT2D eigenvalue weighted by Crippen LogP contribution is -2.39. The molecule has 1 aromatic rings. The predicted octanol–water partition coefficient (Wildman–Crippen LogP) is 0.929. The van der Waals surface area contributed by atoms with Gasteiger partial charge in [0.25, 0.3) is 0 Å². The van der Waals surface area contributed by atoms with Gasteiger partial charge in [0.15, 0.2) is 0 Å². The van der Waals surface area contributed by atoms with Crippen LogP contribution in [0.25, 0.3) is 0 Å². The van der Waals surface area contributed by atoms with E-state index in [9.17, 15) is 14.0 Å². The maximum absolute atomic E-state index is 13.4. The Hall–Kier alpha value is -1.54. The number of thiocarbonyl (C=S) groups is 1. The Morgan fingerprint density at radius 1 is 1.39 bits per heavy atom. The molecule has 0 aliphatic rings. The summed E-state index contributed by atoms with van der Waals surface area (Å²) in [5.74, 6) is -2.59. The van der Waals surface area contributed by atoms with Gasteiger partial charge in [0.1, 0.15) is 5.82 Å². The third-order valence-corrected chi connectivity index (χ3v) is 2.45. The SMILES string of the molecule is NC(=S)CNC(=O)C(=O)Nc1ccc(Br)cc1F. The first-order chi connectivity index (χ1) is 8.40. The monoisotopic (exact) mass is 333 g/mol. The molecule has 0 aromatic heterocycles. The van der Waals surface area contributed by atoms with Gasteiger partial charge in [-0.1, -0.05) is 28.1 Å². The Kier molecular flexibility index (Phi) is 5.17. The highest BCUT2D eigenvalue weighted by molar-refractivity contribution is 9.10. The fraction of sp³-hybridized carbons (Fsp3) is 0.100. The average Bonchev–Trinajstić information content (AvgIpc) is 2.29. The van der Waals surface area contributed by atoms with E-state index in [0.717, 1.165) is 0 Å². The molecule has 5 nitrogen and oxygen atoms in total. The summed E-state index contributed by atoms with van der Waals surface area (Å²) in [6, 6.07) is 4.03. The molecular formula is C10H9BrFN3O2S. The molecule has 0 unspecified atom stereocenters. The Labute approximate surface area is 116 Å². The summed E-state index contributed by atoms with van der Waals surface area (Å²) >= 11 is 7.60. The zero-order chi connectivity index (χ0) is 13.7. The number of carbonyl (C=O) groups excluding carboxylic acids is 2. The van der Waals surface area contributed by atoms with Gasteiger partial charge < -0.3 is 16.4 Å². The zero-order valence-corrected chi connectivity index (χ0v) is 11.4. The van der Waals surface area contributed by atoms with E-state index in [1.54, 1.807) is 0 Å². The van der Waals surface area contributed by atoms with Crippen molar-refractivity contribution in [2.75, 3.05) is 11.9 Å². The summed E-state index contributed by atoms with van der Waals surface area (Å²) in [5.41, 5.74) is 5.06. The molecule has 0 fully saturated rings. The number of amides is 2. The van der Waals surface area contributed by atoms with Crippen LogP contribution in [-0.4, -0.2) is 23.3 Å². The number of rotatable bonds is 3. The number of carbonyl (C=O) groups is 2. The van der Waals surface area contributed by atoms with Gasteiger partial charge in [0.2, 0.25) is 0 Å². The number of anilines is 1. The number of hydrogen-bond acceptors (Lipinski definition) is 3. The summed E-state index contributed by atoms with van der Waals surface area (Å²) < 4.78 is 13.9. The standard InChI is InChI=1S/C10H9BrFN3O2S/c11-5-1-2-7(6(12)3-5)15-10(17)9(16)14-4-8(13)18/h1-3H,4H2,(H2,13,18)(H,14,16)(H,15,17). The lowest BCUT2D eigenvalue weighted by atomic mass is 10.3. The number of nitrogens with two attached hydrogens (primary N) is 1. The normalized spacial score (nSPS) is 9.67. The minimum atomic E-state index is -0.993. The summed E-state index contributed by atoms with van der Waals surface area (Å²) in [6.07, 6.45) is 0. The van der Waals surface area contributed by atoms with Crippen LogP contribution < -0.4 is 16.4 Å². The van der Waals surface area contributed by atoms with Crippen LogP contribution in [0.1, 0.15) is 0 Å². The van der Waals surface area contributed by atoms with Crippen LogP contribution in [0.15, 0.2) is 22.7 Å². The minimum Gasteiger partial charge on any atom is -0.392 e. The fourth-order valence-corrected chi connectivity index (χ4v) is 1.42. The lowest BCUT2D eigenvalue weighted by Gasteiger charge is -2.06. The minimum absolute atomic E-state index is 0.0472. The van der Waals surface area contributed by atoms with Crippen molar-refractivity contribution < 1.29 is 14.0 Å². The molecule has 1 aromatic carbocycles. The highest BCUT2D eigenvalue weighted by Gasteiger charge is 2.15. The number of nitrogens with one attached hydrogen (secondary N) is 2. The van der Waals surface area contributed by atoms with Crippen LogP contribution in [0.3, 0.4) is 0 Å². The molecule has 0 atom stereocenters. The first kappa shape index (κ1) is 14.5. The summed E-state index contributed by atoms with van der Waals surface area (Å²) in [4.78, 5) is 22.7. The highest BCUT2D eigenvalue weighted by Crippen LogP contribution is 2.19. The van der Waals surface area contributed by atoms with Crippen molar-refractivity contribution in [3.8, 4) is 0 Å². The van der Waals surface area contributed by atoms with Gasteiger partial charge in [0.05, 0.1) is 17.2 Å². The molecule has 0 heterocycles. The molecule has 0 bridgehead atoms. The van der Waals surface area contributed by atoms with Crippen molar-refractivity contribution in [2.45, 2.75) is 0 Å². The van der Waals surface area contributed by atoms with Gasteiger partial charge in [-0.3, -0.25) is 9.59 Å². The molecule has 18 heavy (non-hydrogen) atoms. The van der Waals surface area contributed by atoms with E-state index in [2.05, 4.69) is 38.8 Å². The Morgan fingerprint density at radius 3 is 2.61 bits per heavy atom. The lowest BCUT2D eigenvalue weighted by molar-refractivity contribution is -0.135. The van der Waals surface area contributed by atoms with Gasteiger partial charge in [-0.15, -0.1) is 0 Å². The van der Waals surface area contributed by atoms with E-state index in [4.69, 9.17) is 5.73 Å². The van der Waals surface area contributed by atoms with Crippen molar-refractivity contribution in [1.82, 2.24) is 5.32 Å². The molecular weight excluding hydrogens is 325 g/mol. The average molecular weight is 334 g/mol. The molecule has 0 aliphatic carbocycles. The van der Waals surface area contributed by atoms with Crippen LogP contribution in [0.5, 0.6) is 0 Å². The number of hydrogen-bond donors (Lipinski definition) is 3. The van der Waals surface area contributed by atoms with Crippen LogP contribution >= 0.6 is 28.1 Å². The second-order valence-electron chi connectivity index (χ2n) is 3.23. The van der Waals surface area contributed by atoms with E-state index in [1.165, 1.54) is 18.2 Å². The molecule has 4 N–H and O–H groups in total. The predicted molar refractivity (Wildman–Crippen MR) is 72.5 cm³/mol. The largest absolute Gasteiger partial charge is 0.392 e. The Bertz CT molecular complexity index is 510. The van der Waals surface area contributed by atoms with E-state index < -0.39 is 17.6 Å². The number of halogens is 2. The topological polar surface area (TPSA) is 84.2 Å². The quantitative estimate of drug-likeness (QED) is 0.567. The Balaban J connectivity index is 2.64. The first-order valence-electron chi connectivity index (χ1n) is 4.72. The van der Waals surface area contributed by atoms with Crippen LogP contribution in [-0.2, 0) is 9.59 Å². The third kappa shape index (κ3) is 4.38. The summed E-state index contributed by atoms with van der Waals surface area (Å²) in [6.45, 7) is -0.0929. The molecule has 2 amide bonds. The van der Waals surface area contributed by atoms with Crippen LogP contribution in [0.2, 0.25) is 0 Å². The smallest absolute Gasteiger partial charge is 0.313 e. The van der Waals surface area contributed by atoms with E-state index >= 15 is 0 Å². The van der Waals surface area contributed by atoms with Gasteiger partial charge in [-0.2, -0.15) is 0 Å². The van der Waals surface area contributed by atoms with E-state index in [-0.39, 0.29) is 17.2 Å². The van der Waals surface area contributed by atoms with Crippen LogP contribution in [0.4, 0.5) is 10.1 Å². The van der Waals surface area contributed by atoms with Crippen molar-refractivity contribution in [1.29, 1.82) is 0 Å². The molecule has 0 aliphatic heterocycles. The first-order valence-corrected chi connectivity index (χ1v) is 5.93. The van der Waals surface area contributed by atoms with Crippen molar-refractivity contribution in [2.24, 2.45) is 5.73 Å². The second kappa shape index (κ2) is 6.41. The second-order valence-corrected chi connectivity index (χ2v) is 4.67. The maximum atomic E-state index is 13.4. The van der Waals surface area contributed by atoms with Crippen molar-refractivity contribution in [3.63, 3.8) is 0 Å². The maximum Gasteiger partial charge on any atom is 0.313 e. The molecule has 0 saturated heterocycles. The summed E-state index contributed by atoms with van der Waals surface area (Å²) in [5, 5.41) is 4.31. The molecule has 0 spiro atoms. The molecule has 1 rings (SSSR count). The fourth-order valence-electron chi connectivity index (χ4n) is 1.02. The van der Waals surface area contributed by atoms with Gasteiger partial charge >= 0.3 is 11.8 Å². The van der Waals surface area contributed by atoms with Crippen molar-refractivity contribution >= 4 is 50.6 Å². The zero-order valence-electron chi connectivity index (χ0n) is 9.00. The van der Waals surface area contributed by atoms with Crippen LogP contribution in [0, 0.1) is 5.82 Å². The van der Waals surface area contributed by atoms with Gasteiger partial charge in [0, 0.05) is 4.47 Å². The Morgan fingerprint density at radius 2 is 2.06 bits per heavy atom. The van der Waals surface area contributed by atoms with E-state index in [0.29, 0.717) is 4.47 Å². The third-order valence-electron chi connectivity index (χ3n) is 1.81. The van der Waals surface area contributed by atoms with E-state index in [1.807, 2.05) is 0 Å². The molecule has 8 heteroatoms. The molecule has 96 valence electrons. The summed E-state index contributed by atoms with van der Waals surface area (Å²) in [7, 11) is 0. The highest BCUT2D eigenvalue weighted by atomic mass is 79.9. The van der Waals surface area contributed by atoms with Gasteiger partial charge in [-0.05, 0) is 18.2 Å². The number of benzene rings is 1. The van der Waals surface area contributed by atoms with Gasteiger partial charge in [-0.25, -0.2) is 4.39 Å². The molecule has 0 saturated carbocycles. The van der Waals surface area contributed by atoms with Crippen molar-refractivity contribution in [3.05, 3.63) is 28.5 Å². The molecule has 0 radical (unpaired) electrons.